The summed E-state index contributed by atoms with van der Waals surface area (Å²) in [5, 5.41) is 2.54. The Bertz CT molecular complexity index is 2640. The molecule has 1 nitrogen and oxygen atoms in total. The Labute approximate surface area is 319 Å². The summed E-state index contributed by atoms with van der Waals surface area (Å²) in [6.07, 6.45) is 7.03. The first-order valence-electron chi connectivity index (χ1n) is 20.4. The van der Waals surface area contributed by atoms with E-state index in [-0.39, 0.29) is 10.8 Å². The van der Waals surface area contributed by atoms with Crippen LogP contribution in [0.5, 0.6) is 0 Å². The highest BCUT2D eigenvalue weighted by Gasteiger charge is 2.61. The Morgan fingerprint density at radius 3 is 1.87 bits per heavy atom. The van der Waals surface area contributed by atoms with E-state index in [1.807, 2.05) is 0 Å². The molecule has 0 amide bonds. The maximum absolute atomic E-state index is 2.64. The lowest BCUT2D eigenvalue weighted by Gasteiger charge is -2.61. The summed E-state index contributed by atoms with van der Waals surface area (Å²) in [7, 11) is 0. The number of rotatable bonds is 4. The Morgan fingerprint density at radius 2 is 1.06 bits per heavy atom. The summed E-state index contributed by atoms with van der Waals surface area (Å²) >= 11 is 0. The van der Waals surface area contributed by atoms with E-state index in [0.717, 1.165) is 23.7 Å². The van der Waals surface area contributed by atoms with Crippen molar-refractivity contribution < 1.29 is 0 Å². The van der Waals surface area contributed by atoms with Crippen LogP contribution in [0, 0.1) is 23.7 Å². The summed E-state index contributed by atoms with van der Waals surface area (Å²) < 4.78 is 0. The molecule has 7 aromatic rings. The standard InChI is InChI=1S/C53H45N/c1-52(2)47-21-7-5-18-44(47)46-20-11-19-42(51(46)52)36-14-9-15-39(31-36)54(50-23-10-13-35-12-3-4-16-41(35)50)40-24-25-45-43-17-6-8-22-48(43)53(49(45)32-40)37-27-33-26-34(29-37)30-38(53)28-33/h3-25,31-34,37-38H,26-30H2,1-2H3. The van der Waals surface area contributed by atoms with Gasteiger partial charge in [0.2, 0.25) is 0 Å². The van der Waals surface area contributed by atoms with Gasteiger partial charge in [-0.3, -0.25) is 0 Å². The molecule has 6 aliphatic carbocycles. The van der Waals surface area contributed by atoms with Gasteiger partial charge in [0.1, 0.15) is 0 Å². The highest BCUT2D eigenvalue weighted by atomic mass is 15.1. The molecule has 0 radical (unpaired) electrons. The molecular formula is C53H45N. The average Bonchev–Trinajstić information content (AvgIpc) is 3.63. The first-order valence-corrected chi connectivity index (χ1v) is 20.4. The number of nitrogens with zero attached hydrogens (tertiary/aromatic N) is 1. The first-order chi connectivity index (χ1) is 26.5. The van der Waals surface area contributed by atoms with Crippen molar-refractivity contribution in [2.45, 2.75) is 56.8 Å². The van der Waals surface area contributed by atoms with E-state index >= 15 is 0 Å². The molecule has 4 fully saturated rings. The van der Waals surface area contributed by atoms with Crippen LogP contribution in [0.15, 0.2) is 152 Å². The molecular weight excluding hydrogens is 651 g/mol. The van der Waals surface area contributed by atoms with Crippen LogP contribution in [0.25, 0.3) is 44.2 Å². The molecule has 13 rings (SSSR count). The van der Waals surface area contributed by atoms with Gasteiger partial charge in [0.15, 0.2) is 0 Å². The van der Waals surface area contributed by atoms with Crippen LogP contribution in [0.2, 0.25) is 0 Å². The van der Waals surface area contributed by atoms with Gasteiger partial charge in [-0.25, -0.2) is 0 Å². The van der Waals surface area contributed by atoms with E-state index in [9.17, 15) is 0 Å². The van der Waals surface area contributed by atoms with Gasteiger partial charge < -0.3 is 4.90 Å². The van der Waals surface area contributed by atoms with Crippen LogP contribution in [0.3, 0.4) is 0 Å². The zero-order valence-corrected chi connectivity index (χ0v) is 31.2. The van der Waals surface area contributed by atoms with Crippen LogP contribution in [0.4, 0.5) is 17.1 Å². The molecule has 0 saturated heterocycles. The third-order valence-corrected chi connectivity index (χ3v) is 14.8. The molecule has 0 N–H and O–H groups in total. The predicted octanol–water partition coefficient (Wildman–Crippen LogP) is 14.0. The minimum atomic E-state index is -0.0875. The molecule has 0 atom stereocenters. The molecule has 1 spiro atoms. The number of hydrogen-bond acceptors (Lipinski definition) is 1. The van der Waals surface area contributed by atoms with Crippen LogP contribution in [-0.4, -0.2) is 0 Å². The van der Waals surface area contributed by atoms with E-state index in [4.69, 9.17) is 0 Å². The highest BCUT2D eigenvalue weighted by molar-refractivity contribution is 6.00. The summed E-state index contributed by atoms with van der Waals surface area (Å²) in [6.45, 7) is 4.80. The van der Waals surface area contributed by atoms with Crippen molar-refractivity contribution in [2.24, 2.45) is 23.7 Å². The molecule has 4 bridgehead atoms. The van der Waals surface area contributed by atoms with E-state index in [1.165, 1.54) is 104 Å². The van der Waals surface area contributed by atoms with Gasteiger partial charge in [0.05, 0.1) is 5.69 Å². The van der Waals surface area contributed by atoms with Crippen LogP contribution >= 0.6 is 0 Å². The zero-order chi connectivity index (χ0) is 35.8. The van der Waals surface area contributed by atoms with Crippen molar-refractivity contribution in [3.63, 3.8) is 0 Å². The number of hydrogen-bond donors (Lipinski definition) is 0. The summed E-state index contributed by atoms with van der Waals surface area (Å²) in [4.78, 5) is 2.57. The Balaban J connectivity index is 1.07. The molecule has 1 heteroatoms. The molecule has 262 valence electrons. The molecule has 54 heavy (non-hydrogen) atoms. The van der Waals surface area contributed by atoms with Crippen LogP contribution in [-0.2, 0) is 10.8 Å². The lowest BCUT2D eigenvalue weighted by atomic mass is 9.43. The molecule has 7 aromatic carbocycles. The second kappa shape index (κ2) is 11.1. The third kappa shape index (κ3) is 4.05. The number of fused-ring (bicyclic) bond motifs is 7. The van der Waals surface area contributed by atoms with E-state index < -0.39 is 0 Å². The minimum absolute atomic E-state index is 0.0875. The van der Waals surface area contributed by atoms with Gasteiger partial charge in [-0.15, -0.1) is 0 Å². The van der Waals surface area contributed by atoms with Crippen molar-refractivity contribution in [3.05, 3.63) is 174 Å². The zero-order valence-electron chi connectivity index (χ0n) is 31.2. The summed E-state index contributed by atoms with van der Waals surface area (Å²) in [5.41, 5.74) is 18.0. The average molecular weight is 696 g/mol. The van der Waals surface area contributed by atoms with E-state index in [0.29, 0.717) is 0 Å². The van der Waals surface area contributed by atoms with Crippen molar-refractivity contribution in [1.82, 2.24) is 0 Å². The van der Waals surface area contributed by atoms with Crippen molar-refractivity contribution in [3.8, 4) is 33.4 Å². The quantitative estimate of drug-likeness (QED) is 0.177. The van der Waals surface area contributed by atoms with Gasteiger partial charge in [-0.2, -0.15) is 0 Å². The Kier molecular flexibility index (Phi) is 6.36. The fourth-order valence-corrected chi connectivity index (χ4v) is 13.0. The third-order valence-electron chi connectivity index (χ3n) is 14.8. The van der Waals surface area contributed by atoms with Crippen LogP contribution < -0.4 is 4.90 Å². The van der Waals surface area contributed by atoms with Gasteiger partial charge in [0.25, 0.3) is 0 Å². The maximum Gasteiger partial charge on any atom is 0.0540 e. The molecule has 0 heterocycles. The molecule has 0 aliphatic heterocycles. The molecule has 0 aromatic heterocycles. The van der Waals surface area contributed by atoms with Crippen molar-refractivity contribution in [1.29, 1.82) is 0 Å². The van der Waals surface area contributed by atoms with Crippen molar-refractivity contribution >= 4 is 27.8 Å². The first kappa shape index (κ1) is 31.0. The monoisotopic (exact) mass is 695 g/mol. The normalized spacial score (nSPS) is 24.7. The SMILES string of the molecule is CC1(C)c2ccccc2-c2cccc(-c3cccc(N(c4ccc5c(c4)C4(c6ccccc6-5)C5CC6CC(C5)CC4C6)c4cccc5ccccc45)c3)c21. The molecule has 4 saturated carbocycles. The second-order valence-electron chi connectivity index (χ2n) is 17.7. The maximum atomic E-state index is 2.64. The van der Waals surface area contributed by atoms with E-state index in [2.05, 4.69) is 170 Å². The Hall–Kier alpha value is -5.40. The minimum Gasteiger partial charge on any atom is -0.310 e. The second-order valence-corrected chi connectivity index (χ2v) is 17.7. The van der Waals surface area contributed by atoms with E-state index in [1.54, 1.807) is 11.1 Å². The van der Waals surface area contributed by atoms with Crippen molar-refractivity contribution in [2.75, 3.05) is 4.90 Å². The highest BCUT2D eigenvalue weighted by Crippen LogP contribution is 2.69. The fraction of sp³-hybridized carbons (Fsp3) is 0.245. The van der Waals surface area contributed by atoms with Crippen LogP contribution in [0.1, 0.15) is 68.2 Å². The lowest BCUT2D eigenvalue weighted by molar-refractivity contribution is -0.0399. The van der Waals surface area contributed by atoms with Gasteiger partial charge in [-0.1, -0.05) is 135 Å². The Morgan fingerprint density at radius 1 is 0.463 bits per heavy atom. The fourth-order valence-electron chi connectivity index (χ4n) is 13.0. The summed E-state index contributed by atoms with van der Waals surface area (Å²) in [5.74, 6) is 3.30. The lowest BCUT2D eigenvalue weighted by Crippen LogP contribution is -2.55. The topological polar surface area (TPSA) is 3.24 Å². The largest absolute Gasteiger partial charge is 0.310 e. The smallest absolute Gasteiger partial charge is 0.0540 e. The van der Waals surface area contributed by atoms with Gasteiger partial charge in [0, 0.05) is 27.6 Å². The predicted molar refractivity (Wildman–Crippen MR) is 225 cm³/mol. The molecule has 6 aliphatic rings. The summed E-state index contributed by atoms with van der Waals surface area (Å²) in [6, 6.07) is 58.1. The van der Waals surface area contributed by atoms with Gasteiger partial charge in [-0.05, 0) is 147 Å². The number of anilines is 3. The molecule has 0 unspecified atom stereocenters. The van der Waals surface area contributed by atoms with Gasteiger partial charge >= 0.3 is 0 Å². The number of benzene rings is 7.